The Kier molecular flexibility index (Phi) is 5.98. The Labute approximate surface area is 174 Å². The average molecular weight is 428 g/mol. The van der Waals surface area contributed by atoms with E-state index in [9.17, 15) is 20.2 Å². The summed E-state index contributed by atoms with van der Waals surface area (Å²) in [5.74, 6) is -0.0798. The highest BCUT2D eigenvalue weighted by Gasteiger charge is 2.14. The number of hydrogen-bond donors (Lipinski definition) is 1. The van der Waals surface area contributed by atoms with E-state index in [1.165, 1.54) is 36.4 Å². The van der Waals surface area contributed by atoms with Gasteiger partial charge in [-0.3, -0.25) is 14.9 Å². The number of nitriles is 1. The zero-order valence-corrected chi connectivity index (χ0v) is 16.1. The van der Waals surface area contributed by atoms with Gasteiger partial charge in [0.25, 0.3) is 11.6 Å². The molecule has 0 aliphatic rings. The van der Waals surface area contributed by atoms with Gasteiger partial charge < -0.3 is 9.73 Å². The summed E-state index contributed by atoms with van der Waals surface area (Å²) in [5, 5.41) is 23.4. The standard InChI is InChI=1S/C20H11Cl2N3O4/c21-14-4-6-18(17(22)10-14)24-20(26)13(11-23)9-16-5-7-19(29-16)12-2-1-3-15(8-12)25(27)28/h1-10H,(H,24,26)/b13-9-. The minimum atomic E-state index is -0.676. The number of halogens is 2. The van der Waals surface area contributed by atoms with Gasteiger partial charge in [-0.25, -0.2) is 0 Å². The van der Waals surface area contributed by atoms with Crippen molar-refractivity contribution in [1.29, 1.82) is 5.26 Å². The second-order valence-electron chi connectivity index (χ2n) is 5.76. The Morgan fingerprint density at radius 1 is 1.17 bits per heavy atom. The molecule has 2 aromatic carbocycles. The van der Waals surface area contributed by atoms with Crippen LogP contribution in [0, 0.1) is 21.4 Å². The number of anilines is 1. The Bertz CT molecular complexity index is 1180. The molecule has 0 spiro atoms. The van der Waals surface area contributed by atoms with E-state index in [4.69, 9.17) is 27.6 Å². The Hall–Kier alpha value is -3.60. The number of rotatable bonds is 5. The third-order valence-corrected chi connectivity index (χ3v) is 4.35. The number of nitro groups is 1. The molecule has 0 atom stereocenters. The first-order valence-electron chi connectivity index (χ1n) is 8.10. The minimum Gasteiger partial charge on any atom is -0.457 e. The summed E-state index contributed by atoms with van der Waals surface area (Å²) in [7, 11) is 0. The molecule has 144 valence electrons. The Balaban J connectivity index is 1.83. The zero-order valence-electron chi connectivity index (χ0n) is 14.6. The molecular weight excluding hydrogens is 417 g/mol. The van der Waals surface area contributed by atoms with Gasteiger partial charge in [0, 0.05) is 28.8 Å². The lowest BCUT2D eigenvalue weighted by molar-refractivity contribution is -0.384. The summed E-state index contributed by atoms with van der Waals surface area (Å²) in [6, 6.07) is 15.4. The van der Waals surface area contributed by atoms with Crippen molar-refractivity contribution in [2.45, 2.75) is 0 Å². The van der Waals surface area contributed by atoms with E-state index in [1.54, 1.807) is 30.3 Å². The molecule has 0 unspecified atom stereocenters. The summed E-state index contributed by atoms with van der Waals surface area (Å²) in [6.07, 6.45) is 1.26. The smallest absolute Gasteiger partial charge is 0.270 e. The molecule has 0 radical (unpaired) electrons. The van der Waals surface area contributed by atoms with Crippen molar-refractivity contribution >= 4 is 46.6 Å². The van der Waals surface area contributed by atoms with Gasteiger partial charge in [0.05, 0.1) is 15.6 Å². The van der Waals surface area contributed by atoms with Gasteiger partial charge in [-0.05, 0) is 30.3 Å². The number of carbonyl (C=O) groups is 1. The summed E-state index contributed by atoms with van der Waals surface area (Å²) < 4.78 is 5.60. The predicted molar refractivity (Wildman–Crippen MR) is 109 cm³/mol. The molecule has 29 heavy (non-hydrogen) atoms. The van der Waals surface area contributed by atoms with Crippen LogP contribution in [0.25, 0.3) is 17.4 Å². The quantitative estimate of drug-likeness (QED) is 0.242. The van der Waals surface area contributed by atoms with Crippen LogP contribution in [0.15, 0.2) is 64.6 Å². The van der Waals surface area contributed by atoms with Crippen LogP contribution in [-0.2, 0) is 4.79 Å². The second kappa shape index (κ2) is 8.61. The van der Waals surface area contributed by atoms with Crippen LogP contribution in [0.3, 0.4) is 0 Å². The number of nitro benzene ring substituents is 1. The highest BCUT2D eigenvalue weighted by Crippen LogP contribution is 2.28. The average Bonchev–Trinajstić information content (AvgIpc) is 3.17. The van der Waals surface area contributed by atoms with Crippen molar-refractivity contribution in [3.8, 4) is 17.4 Å². The molecule has 3 rings (SSSR count). The van der Waals surface area contributed by atoms with Gasteiger partial charge in [0.2, 0.25) is 0 Å². The van der Waals surface area contributed by atoms with E-state index >= 15 is 0 Å². The van der Waals surface area contributed by atoms with Crippen molar-refractivity contribution in [3.63, 3.8) is 0 Å². The molecule has 0 fully saturated rings. The third-order valence-electron chi connectivity index (χ3n) is 3.80. The monoisotopic (exact) mass is 427 g/mol. The Morgan fingerprint density at radius 2 is 1.97 bits per heavy atom. The third kappa shape index (κ3) is 4.82. The highest BCUT2D eigenvalue weighted by molar-refractivity contribution is 6.36. The molecule has 7 nitrogen and oxygen atoms in total. The van der Waals surface area contributed by atoms with Gasteiger partial charge in [0.15, 0.2) is 0 Å². The van der Waals surface area contributed by atoms with E-state index in [0.29, 0.717) is 22.0 Å². The van der Waals surface area contributed by atoms with Crippen LogP contribution in [0.2, 0.25) is 10.0 Å². The van der Waals surface area contributed by atoms with Crippen molar-refractivity contribution in [2.24, 2.45) is 0 Å². The van der Waals surface area contributed by atoms with Gasteiger partial charge in [-0.1, -0.05) is 35.3 Å². The fraction of sp³-hybridized carbons (Fsp3) is 0. The maximum Gasteiger partial charge on any atom is 0.270 e. The molecule has 3 aromatic rings. The maximum absolute atomic E-state index is 12.4. The first kappa shape index (κ1) is 20.1. The fourth-order valence-corrected chi connectivity index (χ4v) is 2.89. The molecule has 0 aliphatic carbocycles. The lowest BCUT2D eigenvalue weighted by Gasteiger charge is -2.06. The van der Waals surface area contributed by atoms with E-state index < -0.39 is 10.8 Å². The van der Waals surface area contributed by atoms with Gasteiger partial charge in [-0.2, -0.15) is 5.26 Å². The van der Waals surface area contributed by atoms with E-state index in [1.807, 2.05) is 0 Å². The van der Waals surface area contributed by atoms with Crippen molar-refractivity contribution in [3.05, 3.63) is 86.1 Å². The number of nitrogens with zero attached hydrogens (tertiary/aromatic N) is 2. The molecule has 1 heterocycles. The SMILES string of the molecule is N#C/C(=C/c1ccc(-c2cccc([N+](=O)[O-])c2)o1)C(=O)Nc1ccc(Cl)cc1Cl. The molecule has 0 saturated heterocycles. The minimum absolute atomic E-state index is 0.0760. The molecule has 1 N–H and O–H groups in total. The number of carbonyl (C=O) groups excluding carboxylic acids is 1. The van der Waals surface area contributed by atoms with Crippen molar-refractivity contribution in [2.75, 3.05) is 5.32 Å². The van der Waals surface area contributed by atoms with Gasteiger partial charge in [-0.15, -0.1) is 0 Å². The highest BCUT2D eigenvalue weighted by atomic mass is 35.5. The van der Waals surface area contributed by atoms with E-state index in [-0.39, 0.29) is 22.0 Å². The van der Waals surface area contributed by atoms with Crippen LogP contribution in [-0.4, -0.2) is 10.8 Å². The number of hydrogen-bond acceptors (Lipinski definition) is 5. The van der Waals surface area contributed by atoms with Crippen molar-refractivity contribution < 1.29 is 14.1 Å². The summed E-state index contributed by atoms with van der Waals surface area (Å²) >= 11 is 11.8. The molecular formula is C20H11Cl2N3O4. The number of amides is 1. The first-order valence-corrected chi connectivity index (χ1v) is 8.86. The fourth-order valence-electron chi connectivity index (χ4n) is 2.43. The number of nitrogens with one attached hydrogen (secondary N) is 1. The van der Waals surface area contributed by atoms with Crippen LogP contribution in [0.1, 0.15) is 5.76 Å². The normalized spacial score (nSPS) is 11.0. The molecule has 0 aliphatic heterocycles. The number of benzene rings is 2. The van der Waals surface area contributed by atoms with Crippen molar-refractivity contribution in [1.82, 2.24) is 0 Å². The maximum atomic E-state index is 12.4. The largest absolute Gasteiger partial charge is 0.457 e. The van der Waals surface area contributed by atoms with Crippen LogP contribution in [0.5, 0.6) is 0 Å². The number of furan rings is 1. The van der Waals surface area contributed by atoms with E-state index in [2.05, 4.69) is 5.32 Å². The summed E-state index contributed by atoms with van der Waals surface area (Å²) in [4.78, 5) is 22.8. The molecule has 1 amide bonds. The van der Waals surface area contributed by atoms with E-state index in [0.717, 1.165) is 0 Å². The van der Waals surface area contributed by atoms with Gasteiger partial charge >= 0.3 is 0 Å². The zero-order chi connectivity index (χ0) is 21.0. The first-order chi connectivity index (χ1) is 13.9. The molecule has 9 heteroatoms. The molecule has 0 bridgehead atoms. The lowest BCUT2D eigenvalue weighted by atomic mass is 10.1. The summed E-state index contributed by atoms with van der Waals surface area (Å²) in [6.45, 7) is 0. The summed E-state index contributed by atoms with van der Waals surface area (Å²) in [5.41, 5.74) is 0.512. The molecule has 0 saturated carbocycles. The van der Waals surface area contributed by atoms with Crippen LogP contribution in [0.4, 0.5) is 11.4 Å². The van der Waals surface area contributed by atoms with Gasteiger partial charge in [0.1, 0.15) is 23.2 Å². The molecule has 1 aromatic heterocycles. The Morgan fingerprint density at radius 3 is 2.66 bits per heavy atom. The topological polar surface area (TPSA) is 109 Å². The predicted octanol–water partition coefficient (Wildman–Crippen LogP) is 5.71. The van der Waals surface area contributed by atoms with Crippen LogP contribution < -0.4 is 5.32 Å². The second-order valence-corrected chi connectivity index (χ2v) is 6.60. The number of non-ortho nitro benzene ring substituents is 1. The lowest BCUT2D eigenvalue weighted by Crippen LogP contribution is -2.13. The van der Waals surface area contributed by atoms with Crippen LogP contribution >= 0.6 is 23.2 Å².